The van der Waals surface area contributed by atoms with Crippen molar-refractivity contribution in [1.82, 2.24) is 4.90 Å². The van der Waals surface area contributed by atoms with E-state index in [1.807, 2.05) is 6.07 Å². The summed E-state index contributed by atoms with van der Waals surface area (Å²) in [5, 5.41) is 0. The Hall–Kier alpha value is -0.490. The zero-order valence-electron chi connectivity index (χ0n) is 12.2. The summed E-state index contributed by atoms with van der Waals surface area (Å²) in [6, 6.07) is 4.85. The maximum Gasteiger partial charge on any atom is 0.124 e. The van der Waals surface area contributed by atoms with Crippen LogP contribution >= 0.6 is 15.9 Å². The van der Waals surface area contributed by atoms with Crippen LogP contribution in [0.25, 0.3) is 0 Å². The van der Waals surface area contributed by atoms with Crippen LogP contribution in [0.4, 0.5) is 4.39 Å². The van der Waals surface area contributed by atoms with Crippen LogP contribution in [0.1, 0.15) is 32.4 Å². The monoisotopic (exact) mass is 344 g/mol. The Morgan fingerprint density at radius 3 is 2.80 bits per heavy atom. The predicted octanol–water partition coefficient (Wildman–Crippen LogP) is 3.09. The van der Waals surface area contributed by atoms with Gasteiger partial charge in [-0.25, -0.2) is 4.39 Å². The van der Waals surface area contributed by atoms with Gasteiger partial charge >= 0.3 is 0 Å². The molecule has 0 saturated carbocycles. The molecule has 2 atom stereocenters. The molecule has 20 heavy (non-hydrogen) atoms. The first-order chi connectivity index (χ1) is 9.32. The molecule has 2 unspecified atom stereocenters. The zero-order valence-corrected chi connectivity index (χ0v) is 13.8. The van der Waals surface area contributed by atoms with Crippen LogP contribution in [-0.2, 0) is 4.74 Å². The molecule has 1 aliphatic heterocycles. The van der Waals surface area contributed by atoms with Gasteiger partial charge in [0.2, 0.25) is 0 Å². The second-order valence-electron chi connectivity index (χ2n) is 6.03. The lowest BCUT2D eigenvalue weighted by Crippen LogP contribution is -2.53. The molecule has 2 N–H and O–H groups in total. The predicted molar refractivity (Wildman–Crippen MR) is 82.1 cm³/mol. The number of hydrogen-bond acceptors (Lipinski definition) is 3. The number of halogens is 2. The highest BCUT2D eigenvalue weighted by molar-refractivity contribution is 9.10. The molecule has 5 heteroatoms. The lowest BCUT2D eigenvalue weighted by atomic mass is 9.99. The van der Waals surface area contributed by atoms with Crippen molar-refractivity contribution < 1.29 is 9.13 Å². The van der Waals surface area contributed by atoms with E-state index in [1.54, 1.807) is 0 Å². The van der Waals surface area contributed by atoms with Crippen molar-refractivity contribution >= 4 is 15.9 Å². The van der Waals surface area contributed by atoms with Crippen molar-refractivity contribution in [3.05, 3.63) is 34.1 Å². The summed E-state index contributed by atoms with van der Waals surface area (Å²) in [7, 11) is 0. The van der Waals surface area contributed by atoms with Gasteiger partial charge in [-0.1, -0.05) is 22.0 Å². The molecule has 0 radical (unpaired) electrons. The largest absolute Gasteiger partial charge is 0.370 e. The van der Waals surface area contributed by atoms with Crippen LogP contribution in [0.5, 0.6) is 0 Å². The molecule has 0 aliphatic carbocycles. The summed E-state index contributed by atoms with van der Waals surface area (Å²) < 4.78 is 19.9. The maximum atomic E-state index is 13.2. The first-order valence-corrected chi connectivity index (χ1v) is 7.68. The highest BCUT2D eigenvalue weighted by Crippen LogP contribution is 2.32. The third kappa shape index (κ3) is 3.58. The SMILES string of the molecule is CC1CN(C(CN)c2ccc(F)cc2Br)CC(C)(C)O1. The lowest BCUT2D eigenvalue weighted by Gasteiger charge is -2.45. The Morgan fingerprint density at radius 1 is 1.55 bits per heavy atom. The second kappa shape index (κ2) is 6.10. The number of nitrogens with zero attached hydrogens (tertiary/aromatic N) is 1. The molecular weight excluding hydrogens is 323 g/mol. The normalized spacial score (nSPS) is 24.6. The highest BCUT2D eigenvalue weighted by Gasteiger charge is 2.35. The van der Waals surface area contributed by atoms with Gasteiger partial charge in [-0.05, 0) is 38.5 Å². The Balaban J connectivity index is 2.27. The van der Waals surface area contributed by atoms with E-state index < -0.39 is 0 Å². The van der Waals surface area contributed by atoms with E-state index in [0.29, 0.717) is 6.54 Å². The first kappa shape index (κ1) is 15.9. The fraction of sp³-hybridized carbons (Fsp3) is 0.600. The summed E-state index contributed by atoms with van der Waals surface area (Å²) in [4.78, 5) is 2.33. The summed E-state index contributed by atoms with van der Waals surface area (Å²) in [6.07, 6.45) is 0.159. The van der Waals surface area contributed by atoms with Crippen LogP contribution in [0.2, 0.25) is 0 Å². The van der Waals surface area contributed by atoms with Crippen molar-refractivity contribution in [3.8, 4) is 0 Å². The van der Waals surface area contributed by atoms with Gasteiger partial charge in [-0.2, -0.15) is 0 Å². The number of hydrogen-bond donors (Lipinski definition) is 1. The van der Waals surface area contributed by atoms with Gasteiger partial charge < -0.3 is 10.5 Å². The maximum absolute atomic E-state index is 13.2. The van der Waals surface area contributed by atoms with Gasteiger partial charge in [-0.15, -0.1) is 0 Å². The molecule has 0 bridgehead atoms. The average Bonchev–Trinajstić information content (AvgIpc) is 2.30. The number of ether oxygens (including phenoxy) is 1. The Morgan fingerprint density at radius 2 is 2.25 bits per heavy atom. The summed E-state index contributed by atoms with van der Waals surface area (Å²) in [5.41, 5.74) is 6.81. The molecule has 1 aliphatic rings. The summed E-state index contributed by atoms with van der Waals surface area (Å²) >= 11 is 3.45. The van der Waals surface area contributed by atoms with Crippen LogP contribution < -0.4 is 5.73 Å². The number of rotatable bonds is 3. The highest BCUT2D eigenvalue weighted by atomic mass is 79.9. The van der Waals surface area contributed by atoms with Crippen molar-refractivity contribution in [3.63, 3.8) is 0 Å². The first-order valence-electron chi connectivity index (χ1n) is 6.89. The Bertz CT molecular complexity index is 481. The van der Waals surface area contributed by atoms with Crippen LogP contribution in [0.3, 0.4) is 0 Å². The number of nitrogens with two attached hydrogens (primary N) is 1. The zero-order chi connectivity index (χ0) is 14.9. The minimum absolute atomic E-state index is 0.0654. The molecule has 1 aromatic carbocycles. The fourth-order valence-corrected chi connectivity index (χ4v) is 3.60. The molecule has 112 valence electrons. The Kier molecular flexibility index (Phi) is 4.84. The summed E-state index contributed by atoms with van der Waals surface area (Å²) in [6.45, 7) is 8.37. The van der Waals surface area contributed by atoms with E-state index in [1.165, 1.54) is 12.1 Å². The molecule has 1 aromatic rings. The summed E-state index contributed by atoms with van der Waals surface area (Å²) in [5.74, 6) is -0.243. The molecule has 3 nitrogen and oxygen atoms in total. The van der Waals surface area contributed by atoms with E-state index in [-0.39, 0.29) is 23.6 Å². The van der Waals surface area contributed by atoms with Crippen LogP contribution in [-0.4, -0.2) is 36.2 Å². The lowest BCUT2D eigenvalue weighted by molar-refractivity contribution is -0.137. The topological polar surface area (TPSA) is 38.5 Å². The van der Waals surface area contributed by atoms with E-state index in [2.05, 4.69) is 41.6 Å². The minimum Gasteiger partial charge on any atom is -0.370 e. The van der Waals surface area contributed by atoms with Crippen LogP contribution in [0.15, 0.2) is 22.7 Å². The molecule has 0 aromatic heterocycles. The van der Waals surface area contributed by atoms with E-state index in [9.17, 15) is 4.39 Å². The van der Waals surface area contributed by atoms with Crippen molar-refractivity contribution in [2.24, 2.45) is 5.73 Å². The Labute approximate surface area is 128 Å². The number of morpholine rings is 1. The fourth-order valence-electron chi connectivity index (χ4n) is 2.98. The molecule has 2 rings (SSSR count). The smallest absolute Gasteiger partial charge is 0.124 e. The van der Waals surface area contributed by atoms with E-state index in [4.69, 9.17) is 10.5 Å². The molecule has 0 amide bonds. The minimum atomic E-state index is -0.243. The van der Waals surface area contributed by atoms with Crippen molar-refractivity contribution in [2.75, 3.05) is 19.6 Å². The molecule has 0 spiro atoms. The molecule has 1 fully saturated rings. The van der Waals surface area contributed by atoms with Gasteiger partial charge in [0, 0.05) is 30.1 Å². The van der Waals surface area contributed by atoms with Gasteiger partial charge in [-0.3, -0.25) is 4.90 Å². The second-order valence-corrected chi connectivity index (χ2v) is 6.89. The van der Waals surface area contributed by atoms with E-state index in [0.717, 1.165) is 23.1 Å². The molecule has 1 heterocycles. The average molecular weight is 345 g/mol. The standard InChI is InChI=1S/C15H22BrFN2O/c1-10-8-19(9-15(2,3)20-10)14(7-18)12-5-4-11(17)6-13(12)16/h4-6,10,14H,7-9,18H2,1-3H3. The third-order valence-electron chi connectivity index (χ3n) is 3.58. The van der Waals surface area contributed by atoms with Crippen LogP contribution in [0, 0.1) is 5.82 Å². The molecular formula is C15H22BrFN2O. The third-order valence-corrected chi connectivity index (χ3v) is 4.27. The van der Waals surface area contributed by atoms with Gasteiger partial charge in [0.05, 0.1) is 11.7 Å². The van der Waals surface area contributed by atoms with Crippen molar-refractivity contribution in [2.45, 2.75) is 38.5 Å². The molecule has 1 saturated heterocycles. The van der Waals surface area contributed by atoms with Gasteiger partial charge in [0.1, 0.15) is 5.82 Å². The van der Waals surface area contributed by atoms with Gasteiger partial charge in [0.15, 0.2) is 0 Å². The quantitative estimate of drug-likeness (QED) is 0.915. The van der Waals surface area contributed by atoms with Crippen molar-refractivity contribution in [1.29, 1.82) is 0 Å². The number of benzene rings is 1. The van der Waals surface area contributed by atoms with Gasteiger partial charge in [0.25, 0.3) is 0 Å². The van der Waals surface area contributed by atoms with E-state index >= 15 is 0 Å².